The maximum Gasteiger partial charge on any atom is 0.234 e. The minimum absolute atomic E-state index is 0.133. The van der Waals surface area contributed by atoms with E-state index in [0.717, 1.165) is 5.69 Å². The van der Waals surface area contributed by atoms with Crippen LogP contribution in [0.3, 0.4) is 0 Å². The van der Waals surface area contributed by atoms with Crippen LogP contribution in [0.4, 0.5) is 5.69 Å². The van der Waals surface area contributed by atoms with Gasteiger partial charge in [0.1, 0.15) is 6.33 Å². The molecule has 0 bridgehead atoms. The lowest BCUT2D eigenvalue weighted by atomic mass is 10.3. The van der Waals surface area contributed by atoms with Gasteiger partial charge in [0, 0.05) is 11.8 Å². The number of rotatable bonds is 5. The molecule has 0 spiro atoms. The Balaban J connectivity index is 1.39. The summed E-state index contributed by atoms with van der Waals surface area (Å²) in [5.41, 5.74) is 1.57. The van der Waals surface area contributed by atoms with E-state index in [1.54, 1.807) is 22.9 Å². The molecule has 0 saturated carbocycles. The van der Waals surface area contributed by atoms with Crippen LogP contribution in [0, 0.1) is 0 Å². The largest absolute Gasteiger partial charge is 0.454 e. The van der Waals surface area contributed by atoms with Crippen LogP contribution < -0.4 is 14.8 Å². The number of fused-ring (bicyclic) bond motifs is 1. The van der Waals surface area contributed by atoms with Gasteiger partial charge >= 0.3 is 0 Å². The van der Waals surface area contributed by atoms with Crippen molar-refractivity contribution in [1.82, 2.24) is 14.8 Å². The Morgan fingerprint density at radius 3 is 2.88 bits per heavy atom. The lowest BCUT2D eigenvalue weighted by molar-refractivity contribution is -0.113. The summed E-state index contributed by atoms with van der Waals surface area (Å²) < 4.78 is 12.3. The van der Waals surface area contributed by atoms with Gasteiger partial charge in [0.25, 0.3) is 0 Å². The van der Waals surface area contributed by atoms with E-state index in [1.165, 1.54) is 18.1 Å². The Morgan fingerprint density at radius 1 is 1.16 bits per heavy atom. The third-order valence-corrected chi connectivity index (χ3v) is 4.45. The molecule has 1 aliphatic heterocycles. The second-order valence-electron chi connectivity index (χ2n) is 5.19. The molecule has 1 aromatic heterocycles. The normalized spacial score (nSPS) is 12.2. The van der Waals surface area contributed by atoms with Crippen molar-refractivity contribution in [3.05, 3.63) is 54.9 Å². The first kappa shape index (κ1) is 15.5. The van der Waals surface area contributed by atoms with Crippen LogP contribution >= 0.6 is 11.8 Å². The van der Waals surface area contributed by atoms with Crippen LogP contribution in [0.25, 0.3) is 5.69 Å². The predicted molar refractivity (Wildman–Crippen MR) is 93.3 cm³/mol. The second-order valence-corrected chi connectivity index (χ2v) is 6.14. The Morgan fingerprint density at radius 2 is 2.00 bits per heavy atom. The van der Waals surface area contributed by atoms with Gasteiger partial charge in [-0.15, -0.1) is 0 Å². The Labute approximate surface area is 148 Å². The highest BCUT2D eigenvalue weighted by Crippen LogP contribution is 2.34. The van der Waals surface area contributed by atoms with Gasteiger partial charge in [-0.05, 0) is 24.3 Å². The molecule has 1 N–H and O–H groups in total. The van der Waals surface area contributed by atoms with Crippen molar-refractivity contribution in [3.63, 3.8) is 0 Å². The molecule has 2 heterocycles. The minimum Gasteiger partial charge on any atom is -0.454 e. The quantitative estimate of drug-likeness (QED) is 0.710. The molecule has 7 nitrogen and oxygen atoms in total. The zero-order valence-corrected chi connectivity index (χ0v) is 13.9. The molecule has 126 valence electrons. The monoisotopic (exact) mass is 354 g/mol. The van der Waals surface area contributed by atoms with Crippen LogP contribution in [0.1, 0.15) is 0 Å². The third-order valence-electron chi connectivity index (χ3n) is 3.51. The van der Waals surface area contributed by atoms with Crippen molar-refractivity contribution in [2.75, 3.05) is 17.9 Å². The summed E-state index contributed by atoms with van der Waals surface area (Å²) in [5, 5.41) is 7.71. The molecule has 0 aliphatic carbocycles. The van der Waals surface area contributed by atoms with E-state index in [2.05, 4.69) is 15.4 Å². The molecule has 0 atom stereocenters. The summed E-state index contributed by atoms with van der Waals surface area (Å²) in [4.78, 5) is 16.4. The first-order valence-corrected chi connectivity index (χ1v) is 8.56. The molecule has 25 heavy (non-hydrogen) atoms. The van der Waals surface area contributed by atoms with Crippen molar-refractivity contribution >= 4 is 23.4 Å². The number of para-hydroxylation sites is 1. The third kappa shape index (κ3) is 3.43. The molecule has 0 fully saturated rings. The molecule has 0 saturated heterocycles. The Bertz CT molecular complexity index is 898. The lowest BCUT2D eigenvalue weighted by Crippen LogP contribution is -2.14. The fraction of sp³-hybridized carbons (Fsp3) is 0.118. The molecule has 3 aromatic rings. The van der Waals surface area contributed by atoms with Gasteiger partial charge in [0.05, 0.1) is 11.4 Å². The number of nitrogens with one attached hydrogen (secondary N) is 1. The van der Waals surface area contributed by atoms with Gasteiger partial charge in [-0.1, -0.05) is 30.0 Å². The Kier molecular flexibility index (Phi) is 4.26. The summed E-state index contributed by atoms with van der Waals surface area (Å²) in [6.45, 7) is 0.206. The maximum atomic E-state index is 12.2. The van der Waals surface area contributed by atoms with Crippen LogP contribution in [-0.4, -0.2) is 33.2 Å². The number of thioether (sulfide) groups is 1. The summed E-state index contributed by atoms with van der Waals surface area (Å²) in [6.07, 6.45) is 1.48. The van der Waals surface area contributed by atoms with Crippen LogP contribution in [0.5, 0.6) is 11.5 Å². The predicted octanol–water partition coefficient (Wildman–Crippen LogP) is 2.73. The smallest absolute Gasteiger partial charge is 0.234 e. The molecule has 2 aromatic carbocycles. The van der Waals surface area contributed by atoms with E-state index in [-0.39, 0.29) is 18.5 Å². The number of anilines is 1. The van der Waals surface area contributed by atoms with E-state index in [4.69, 9.17) is 9.47 Å². The average molecular weight is 354 g/mol. The first-order chi connectivity index (χ1) is 12.3. The lowest BCUT2D eigenvalue weighted by Gasteiger charge is -2.07. The number of carbonyl (C=O) groups is 1. The van der Waals surface area contributed by atoms with Crippen molar-refractivity contribution in [1.29, 1.82) is 0 Å². The standard InChI is InChI=1S/C17H14N4O3S/c22-16(20-12-6-7-14-15(8-12)24-11-23-14)9-25-17-18-10-19-21(17)13-4-2-1-3-5-13/h1-8,10H,9,11H2,(H,20,22). The molecule has 4 rings (SSSR count). The number of hydrogen-bond acceptors (Lipinski definition) is 6. The van der Waals surface area contributed by atoms with E-state index < -0.39 is 0 Å². The van der Waals surface area contributed by atoms with Crippen LogP contribution in [0.15, 0.2) is 60.0 Å². The number of benzene rings is 2. The topological polar surface area (TPSA) is 78.3 Å². The van der Waals surface area contributed by atoms with E-state index >= 15 is 0 Å². The van der Waals surface area contributed by atoms with E-state index in [0.29, 0.717) is 22.3 Å². The van der Waals surface area contributed by atoms with Gasteiger partial charge in [-0.25, -0.2) is 9.67 Å². The highest BCUT2D eigenvalue weighted by atomic mass is 32.2. The van der Waals surface area contributed by atoms with E-state index in [9.17, 15) is 4.79 Å². The summed E-state index contributed by atoms with van der Waals surface area (Å²) >= 11 is 1.32. The average Bonchev–Trinajstić information content (AvgIpc) is 3.29. The zero-order valence-electron chi connectivity index (χ0n) is 13.1. The highest BCUT2D eigenvalue weighted by Gasteiger charge is 2.15. The van der Waals surface area contributed by atoms with Crippen LogP contribution in [0.2, 0.25) is 0 Å². The summed E-state index contributed by atoms with van der Waals surface area (Å²) in [6, 6.07) is 15.0. The summed E-state index contributed by atoms with van der Waals surface area (Å²) in [5.74, 6) is 1.41. The zero-order chi connectivity index (χ0) is 17.1. The number of nitrogens with zero attached hydrogens (tertiary/aromatic N) is 3. The van der Waals surface area contributed by atoms with Gasteiger partial charge in [0.2, 0.25) is 12.7 Å². The van der Waals surface area contributed by atoms with Gasteiger partial charge < -0.3 is 14.8 Å². The molecule has 1 amide bonds. The van der Waals surface area contributed by atoms with Crippen molar-refractivity contribution in [2.24, 2.45) is 0 Å². The molecular formula is C17H14N4O3S. The fourth-order valence-corrected chi connectivity index (χ4v) is 3.11. The molecule has 1 aliphatic rings. The number of hydrogen-bond donors (Lipinski definition) is 1. The SMILES string of the molecule is O=C(CSc1ncnn1-c1ccccc1)Nc1ccc2c(c1)OCO2. The second kappa shape index (κ2) is 6.86. The number of carbonyl (C=O) groups excluding carboxylic acids is 1. The number of ether oxygens (including phenoxy) is 2. The van der Waals surface area contributed by atoms with Gasteiger partial charge in [-0.3, -0.25) is 4.79 Å². The minimum atomic E-state index is -0.133. The first-order valence-electron chi connectivity index (χ1n) is 7.57. The van der Waals surface area contributed by atoms with Crippen molar-refractivity contribution in [2.45, 2.75) is 5.16 Å². The molecule has 0 radical (unpaired) electrons. The van der Waals surface area contributed by atoms with Crippen molar-refractivity contribution in [3.8, 4) is 17.2 Å². The summed E-state index contributed by atoms with van der Waals surface area (Å²) in [7, 11) is 0. The van der Waals surface area contributed by atoms with Gasteiger partial charge in [0.15, 0.2) is 16.7 Å². The van der Waals surface area contributed by atoms with Crippen molar-refractivity contribution < 1.29 is 14.3 Å². The molecule has 0 unspecified atom stereocenters. The van der Waals surface area contributed by atoms with E-state index in [1.807, 2.05) is 30.3 Å². The maximum absolute atomic E-state index is 12.2. The fourth-order valence-electron chi connectivity index (χ4n) is 2.38. The Hall–Kier alpha value is -3.00. The number of aromatic nitrogens is 3. The highest BCUT2D eigenvalue weighted by molar-refractivity contribution is 7.99. The van der Waals surface area contributed by atoms with Crippen LogP contribution in [-0.2, 0) is 4.79 Å². The molecule has 8 heteroatoms. The molecular weight excluding hydrogens is 340 g/mol. The van der Waals surface area contributed by atoms with Gasteiger partial charge in [-0.2, -0.15) is 5.10 Å². The number of amides is 1.